The molecule has 0 saturated carbocycles. The van der Waals surface area contributed by atoms with Crippen molar-refractivity contribution in [2.24, 2.45) is 0 Å². The number of aliphatic hydroxyl groups excluding tert-OH is 2. The molecule has 6 rings (SSSR count). The Labute approximate surface area is 279 Å². The molecule has 2 unspecified atom stereocenters. The summed E-state index contributed by atoms with van der Waals surface area (Å²) >= 11 is 0. The van der Waals surface area contributed by atoms with Gasteiger partial charge in [0.05, 0.1) is 13.2 Å². The van der Waals surface area contributed by atoms with Gasteiger partial charge in [-0.25, -0.2) is 0 Å². The highest BCUT2D eigenvalue weighted by atomic mass is 33.1. The first-order valence-electron chi connectivity index (χ1n) is 14.5. The van der Waals surface area contributed by atoms with Crippen LogP contribution in [0.15, 0.2) is 48.5 Å². The Hall–Kier alpha value is -2.36. The average molecular weight is 691 g/mol. The minimum Gasteiger partial charge on any atom is -0.392 e. The number of piperazine rings is 1. The number of carbonyl (C=O) groups excluding carboxylic acids is 4. The zero-order valence-electron chi connectivity index (χ0n) is 25.9. The quantitative estimate of drug-likeness (QED) is 0.320. The fourth-order valence-electron chi connectivity index (χ4n) is 5.95. The van der Waals surface area contributed by atoms with Crippen molar-refractivity contribution in [3.8, 4) is 0 Å². The van der Waals surface area contributed by atoms with Gasteiger partial charge < -0.3 is 30.2 Å². The topological polar surface area (TPSA) is 130 Å². The van der Waals surface area contributed by atoms with Gasteiger partial charge in [-0.15, -0.1) is 0 Å². The lowest BCUT2D eigenvalue weighted by Gasteiger charge is -2.58. The van der Waals surface area contributed by atoms with E-state index in [1.165, 1.54) is 70.5 Å². The molecule has 0 radical (unpaired) electrons. The number of benzene rings is 2. The largest absolute Gasteiger partial charge is 0.392 e. The van der Waals surface area contributed by atoms with E-state index >= 15 is 0 Å². The van der Waals surface area contributed by atoms with Crippen LogP contribution in [0.3, 0.4) is 0 Å². The second-order valence-electron chi connectivity index (χ2n) is 11.9. The Morgan fingerprint density at radius 3 is 1.64 bits per heavy atom. The van der Waals surface area contributed by atoms with E-state index in [9.17, 15) is 29.4 Å². The lowest BCUT2D eigenvalue weighted by Crippen LogP contribution is -2.77. The Balaban J connectivity index is 1.18. The minimum absolute atomic E-state index is 0.177. The number of nitrogens with one attached hydrogen (secondary N) is 1. The maximum Gasteiger partial charge on any atom is 0.263 e. The van der Waals surface area contributed by atoms with Crippen molar-refractivity contribution in [3.05, 3.63) is 70.8 Å². The zero-order valence-corrected chi connectivity index (χ0v) is 29.1. The smallest absolute Gasteiger partial charge is 0.263 e. The maximum atomic E-state index is 13.4. The van der Waals surface area contributed by atoms with Crippen molar-refractivity contribution in [3.63, 3.8) is 0 Å². The van der Waals surface area contributed by atoms with Gasteiger partial charge in [-0.2, -0.15) is 0 Å². The molecule has 2 aromatic rings. The predicted octanol–water partition coefficient (Wildman–Crippen LogP) is 2.31. The van der Waals surface area contributed by atoms with Crippen LogP contribution >= 0.6 is 43.2 Å². The summed E-state index contributed by atoms with van der Waals surface area (Å²) in [6.45, 7) is 0.976. The summed E-state index contributed by atoms with van der Waals surface area (Å²) in [6.07, 6.45) is 2.52. The van der Waals surface area contributed by atoms with Gasteiger partial charge in [0.1, 0.15) is 4.75 Å². The number of amides is 4. The second-order valence-corrected chi connectivity index (χ2v) is 17.5. The lowest BCUT2D eigenvalue weighted by atomic mass is 9.95. The number of likely N-dealkylation sites (N-methyl/N-ethyl adjacent to an activating group) is 4. The highest BCUT2D eigenvalue weighted by molar-refractivity contribution is 8.78. The fraction of sp³-hybridized carbons (Fsp3) is 0.484. The number of nitrogens with zero attached hydrogens (tertiary/aromatic N) is 3. The Bertz CT molecular complexity index is 1500. The van der Waals surface area contributed by atoms with Gasteiger partial charge in [-0.1, -0.05) is 80.9 Å². The third kappa shape index (κ3) is 5.54. The molecule has 4 atom stereocenters. The number of aryl methyl sites for hydroxylation is 2. The summed E-state index contributed by atoms with van der Waals surface area (Å²) in [5, 5.41) is 22.5. The Morgan fingerprint density at radius 1 is 0.667 bits per heavy atom. The van der Waals surface area contributed by atoms with Crippen LogP contribution < -0.4 is 5.32 Å². The van der Waals surface area contributed by atoms with Gasteiger partial charge >= 0.3 is 0 Å². The first-order valence-corrected chi connectivity index (χ1v) is 18.8. The summed E-state index contributed by atoms with van der Waals surface area (Å²) in [6, 6.07) is 16.4. The van der Waals surface area contributed by atoms with Crippen LogP contribution in [0, 0.1) is 0 Å². The zero-order chi connectivity index (χ0) is 32.8. The SMILES string of the molecule is CNC(=O)C1(CO)SSC(C)(Cc2ccc(CCc3ccc(C[C@@]45SS[C@@](CO)(C(=O)N4C)N(C)C5=O)cc3)cc2)C(=O)N1C. The molecule has 0 aromatic heterocycles. The first kappa shape index (κ1) is 34.0. The van der Waals surface area contributed by atoms with Crippen molar-refractivity contribution in [2.75, 3.05) is 41.4 Å². The van der Waals surface area contributed by atoms with Crippen LogP contribution in [0.4, 0.5) is 0 Å². The third-order valence-corrected chi connectivity index (χ3v) is 16.6. The molecule has 4 fully saturated rings. The molecule has 14 heteroatoms. The number of hydrogen-bond acceptors (Lipinski definition) is 10. The fourth-order valence-corrected chi connectivity index (χ4v) is 12.8. The Kier molecular flexibility index (Phi) is 9.58. The predicted molar refractivity (Wildman–Crippen MR) is 181 cm³/mol. The van der Waals surface area contributed by atoms with Crippen LogP contribution in [0.1, 0.15) is 29.2 Å². The molecule has 4 amide bonds. The highest BCUT2D eigenvalue weighted by Crippen LogP contribution is 2.59. The second kappa shape index (κ2) is 12.7. The molecule has 2 bridgehead atoms. The molecule has 4 aliphatic heterocycles. The van der Waals surface area contributed by atoms with Gasteiger partial charge in [0.15, 0.2) is 4.87 Å². The van der Waals surface area contributed by atoms with Crippen molar-refractivity contribution >= 4 is 66.8 Å². The molecule has 2 aromatic carbocycles. The molecule has 10 nitrogen and oxygen atoms in total. The molecular formula is C31H38N4O6S4. The molecule has 4 saturated heterocycles. The van der Waals surface area contributed by atoms with Gasteiger partial charge in [0.25, 0.3) is 17.7 Å². The monoisotopic (exact) mass is 690 g/mol. The van der Waals surface area contributed by atoms with E-state index in [1.54, 1.807) is 21.1 Å². The molecule has 45 heavy (non-hydrogen) atoms. The minimum atomic E-state index is -1.35. The molecule has 4 heterocycles. The van der Waals surface area contributed by atoms with Gasteiger partial charge in [0.2, 0.25) is 15.6 Å². The maximum absolute atomic E-state index is 13.4. The van der Waals surface area contributed by atoms with E-state index in [2.05, 4.69) is 29.6 Å². The van der Waals surface area contributed by atoms with Crippen molar-refractivity contribution in [1.82, 2.24) is 20.0 Å². The molecule has 242 valence electrons. The lowest BCUT2D eigenvalue weighted by molar-refractivity contribution is -0.165. The normalized spacial score (nSPS) is 29.8. The van der Waals surface area contributed by atoms with Gasteiger partial charge in [0, 0.05) is 34.6 Å². The molecule has 4 aliphatic rings. The van der Waals surface area contributed by atoms with E-state index in [0.29, 0.717) is 12.8 Å². The van der Waals surface area contributed by atoms with Gasteiger partial charge in [-0.3, -0.25) is 19.2 Å². The Morgan fingerprint density at radius 2 is 1.13 bits per heavy atom. The van der Waals surface area contributed by atoms with Gasteiger partial charge in [-0.05, 0) is 59.2 Å². The summed E-state index contributed by atoms with van der Waals surface area (Å²) in [7, 11) is 11.4. The van der Waals surface area contributed by atoms with Crippen molar-refractivity contribution in [2.45, 2.75) is 52.0 Å². The summed E-state index contributed by atoms with van der Waals surface area (Å²) in [4.78, 5) is 52.9. The number of aliphatic hydroxyl groups is 2. The summed E-state index contributed by atoms with van der Waals surface area (Å²) in [5.41, 5.74) is 4.29. The van der Waals surface area contributed by atoms with Crippen LogP contribution in [-0.4, -0.2) is 109 Å². The number of rotatable bonds is 10. The molecule has 0 spiro atoms. The van der Waals surface area contributed by atoms with Crippen LogP contribution in [0.25, 0.3) is 0 Å². The highest BCUT2D eigenvalue weighted by Gasteiger charge is 2.67. The molecule has 3 N–H and O–H groups in total. The van der Waals surface area contributed by atoms with E-state index < -0.39 is 38.5 Å². The van der Waals surface area contributed by atoms with Crippen LogP contribution in [0.2, 0.25) is 0 Å². The molecular weight excluding hydrogens is 653 g/mol. The van der Waals surface area contributed by atoms with E-state index in [4.69, 9.17) is 0 Å². The number of carbonyl (C=O) groups is 4. The van der Waals surface area contributed by atoms with E-state index in [0.717, 1.165) is 29.5 Å². The summed E-state index contributed by atoms with van der Waals surface area (Å²) < 4.78 is -0.786. The number of hydrogen-bond donors (Lipinski definition) is 3. The molecule has 0 aliphatic carbocycles. The van der Waals surface area contributed by atoms with E-state index in [1.807, 2.05) is 31.2 Å². The third-order valence-electron chi connectivity index (χ3n) is 9.08. The van der Waals surface area contributed by atoms with E-state index in [-0.39, 0.29) is 17.7 Å². The van der Waals surface area contributed by atoms with Crippen LogP contribution in [-0.2, 0) is 44.9 Å². The van der Waals surface area contributed by atoms with Crippen LogP contribution in [0.5, 0.6) is 0 Å². The standard InChI is InChI=1S/C31H38N4O6S4/c1-28(25(39)33(3)30(18-36,44-42-28)24(38)32-2)16-22-12-8-20(9-13-22)6-7-21-10-14-23(15-11-21)17-29-26(40)35(5)31(19-37,45-43-29)27(41)34(29)4/h8-15,36-37H,6-7,16-19H2,1-5H3,(H,32,38)/t28?,29-,30?,31-/m0/s1. The summed E-state index contributed by atoms with van der Waals surface area (Å²) in [5.74, 6) is -1.04. The number of fused-ring (bicyclic) bond motifs is 3. The first-order chi connectivity index (χ1) is 21.3. The van der Waals surface area contributed by atoms with Crippen molar-refractivity contribution < 1.29 is 29.4 Å². The van der Waals surface area contributed by atoms with Crippen molar-refractivity contribution in [1.29, 1.82) is 0 Å². The average Bonchev–Trinajstić information content (AvgIpc) is 3.05.